The number of benzene rings is 1. The number of amides is 4. The molecule has 2 aliphatic rings. The minimum absolute atomic E-state index is 0.130. The third-order valence-corrected chi connectivity index (χ3v) is 4.76. The Bertz CT molecular complexity index is 934. The lowest BCUT2D eigenvalue weighted by Gasteiger charge is -2.13. The Hall–Kier alpha value is -3.62. The number of rotatable bonds is 7. The number of imide groups is 1. The number of ether oxygens (including phenoxy) is 2. The average Bonchev–Trinajstić information content (AvgIpc) is 3.31. The van der Waals surface area contributed by atoms with Gasteiger partial charge in [0.05, 0.1) is 6.54 Å². The van der Waals surface area contributed by atoms with Crippen molar-refractivity contribution in [1.29, 1.82) is 0 Å². The minimum Gasteiger partial charge on any atom is -0.454 e. The molecule has 4 rings (SSSR count). The van der Waals surface area contributed by atoms with E-state index >= 15 is 0 Å². The summed E-state index contributed by atoms with van der Waals surface area (Å²) in [6, 6.07) is 7.77. The van der Waals surface area contributed by atoms with Gasteiger partial charge in [-0.3, -0.25) is 19.5 Å². The number of pyridine rings is 1. The highest BCUT2D eigenvalue weighted by Gasteiger charge is 2.38. The highest BCUT2D eigenvalue weighted by molar-refractivity contribution is 6.04. The van der Waals surface area contributed by atoms with Crippen molar-refractivity contribution < 1.29 is 23.9 Å². The number of aromatic nitrogens is 1. The summed E-state index contributed by atoms with van der Waals surface area (Å²) in [5.41, 5.74) is 1.65. The van der Waals surface area contributed by atoms with E-state index in [1.807, 2.05) is 6.07 Å². The predicted molar refractivity (Wildman–Crippen MR) is 101 cm³/mol. The molecule has 1 saturated heterocycles. The van der Waals surface area contributed by atoms with Gasteiger partial charge >= 0.3 is 6.03 Å². The first-order valence-electron chi connectivity index (χ1n) is 9.26. The number of urea groups is 1. The number of carbonyl (C=O) groups excluding carboxylic acids is 3. The molecule has 2 N–H and O–H groups in total. The fraction of sp³-hybridized carbons (Fsp3) is 0.300. The maximum Gasteiger partial charge on any atom is 0.325 e. The first kappa shape index (κ1) is 18.7. The van der Waals surface area contributed by atoms with Crippen LogP contribution in [-0.4, -0.2) is 40.6 Å². The zero-order valence-corrected chi connectivity index (χ0v) is 15.6. The van der Waals surface area contributed by atoms with Crippen LogP contribution in [0.1, 0.15) is 24.0 Å². The molecule has 1 atom stereocenters. The van der Waals surface area contributed by atoms with Crippen molar-refractivity contribution in [1.82, 2.24) is 20.5 Å². The van der Waals surface area contributed by atoms with Gasteiger partial charge in [-0.05, 0) is 35.7 Å². The molecule has 1 fully saturated rings. The van der Waals surface area contributed by atoms with Crippen LogP contribution in [0.3, 0.4) is 0 Å². The van der Waals surface area contributed by atoms with Gasteiger partial charge in [-0.2, -0.15) is 0 Å². The van der Waals surface area contributed by atoms with Crippen LogP contribution in [0.15, 0.2) is 42.7 Å². The monoisotopic (exact) mass is 396 g/mol. The van der Waals surface area contributed by atoms with Gasteiger partial charge in [-0.1, -0.05) is 12.1 Å². The van der Waals surface area contributed by atoms with Crippen LogP contribution in [0.5, 0.6) is 11.5 Å². The molecule has 9 heteroatoms. The van der Waals surface area contributed by atoms with Crippen molar-refractivity contribution in [2.75, 3.05) is 6.79 Å². The van der Waals surface area contributed by atoms with Gasteiger partial charge in [0.25, 0.3) is 5.91 Å². The Balaban J connectivity index is 1.28. The lowest BCUT2D eigenvalue weighted by atomic mass is 10.1. The molecule has 9 nitrogen and oxygen atoms in total. The van der Waals surface area contributed by atoms with E-state index in [1.54, 1.807) is 36.7 Å². The van der Waals surface area contributed by atoms with Crippen molar-refractivity contribution in [2.24, 2.45) is 0 Å². The first-order chi connectivity index (χ1) is 14.1. The highest BCUT2D eigenvalue weighted by atomic mass is 16.7. The van der Waals surface area contributed by atoms with Crippen LogP contribution in [0.2, 0.25) is 0 Å². The quantitative estimate of drug-likeness (QED) is 0.684. The Morgan fingerprint density at radius 2 is 2.07 bits per heavy atom. The van der Waals surface area contributed by atoms with E-state index in [-0.39, 0.29) is 38.0 Å². The number of nitrogens with one attached hydrogen (secondary N) is 2. The Kier molecular flexibility index (Phi) is 5.28. The van der Waals surface area contributed by atoms with Gasteiger partial charge < -0.3 is 20.1 Å². The zero-order valence-electron chi connectivity index (χ0n) is 15.6. The molecule has 0 bridgehead atoms. The predicted octanol–water partition coefficient (Wildman–Crippen LogP) is 1.33. The topological polar surface area (TPSA) is 110 Å². The molecular weight excluding hydrogens is 376 g/mol. The summed E-state index contributed by atoms with van der Waals surface area (Å²) in [6.07, 6.45) is 3.71. The van der Waals surface area contributed by atoms with Crippen LogP contribution < -0.4 is 20.1 Å². The van der Waals surface area contributed by atoms with Crippen LogP contribution in [0, 0.1) is 0 Å². The Morgan fingerprint density at radius 3 is 2.90 bits per heavy atom. The highest BCUT2D eigenvalue weighted by Crippen LogP contribution is 2.33. The smallest absolute Gasteiger partial charge is 0.325 e. The maximum absolute atomic E-state index is 12.6. The fourth-order valence-electron chi connectivity index (χ4n) is 3.21. The van der Waals surface area contributed by atoms with Gasteiger partial charge in [-0.15, -0.1) is 0 Å². The summed E-state index contributed by atoms with van der Waals surface area (Å²) in [4.78, 5) is 42.0. The Labute approximate surface area is 167 Å². The number of fused-ring (bicyclic) bond motifs is 1. The lowest BCUT2D eigenvalue weighted by molar-refractivity contribution is -0.128. The molecule has 0 saturated carbocycles. The first-order valence-corrected chi connectivity index (χ1v) is 9.26. The SMILES string of the molecule is O=C(CCC1NC(=O)N(Cc2ccc3c(c2)OCO3)C1=O)NCc1cccnc1. The molecule has 4 amide bonds. The van der Waals surface area contributed by atoms with Crippen LogP contribution in [-0.2, 0) is 22.7 Å². The summed E-state index contributed by atoms with van der Waals surface area (Å²) in [6.45, 7) is 0.658. The number of nitrogens with zero attached hydrogens (tertiary/aromatic N) is 2. The van der Waals surface area contributed by atoms with E-state index in [2.05, 4.69) is 15.6 Å². The van der Waals surface area contributed by atoms with Crippen molar-refractivity contribution in [3.05, 3.63) is 53.9 Å². The van der Waals surface area contributed by atoms with E-state index in [0.717, 1.165) is 16.0 Å². The fourth-order valence-corrected chi connectivity index (χ4v) is 3.21. The largest absolute Gasteiger partial charge is 0.454 e. The molecule has 0 radical (unpaired) electrons. The summed E-state index contributed by atoms with van der Waals surface area (Å²) in [5.74, 6) is 0.704. The van der Waals surface area contributed by atoms with Gasteiger partial charge in [0.1, 0.15) is 6.04 Å². The molecule has 1 aromatic carbocycles. The number of hydrogen-bond acceptors (Lipinski definition) is 6. The molecule has 150 valence electrons. The second kappa shape index (κ2) is 8.17. The molecule has 1 aromatic heterocycles. The van der Waals surface area contributed by atoms with Crippen LogP contribution in [0.4, 0.5) is 4.79 Å². The molecule has 29 heavy (non-hydrogen) atoms. The molecule has 2 aromatic rings. The standard InChI is InChI=1S/C20H20N4O5/c25-18(22-10-14-2-1-7-21-9-14)6-4-15-19(26)24(20(27)23-15)11-13-3-5-16-17(8-13)29-12-28-16/h1-3,5,7-9,15H,4,6,10-12H2,(H,22,25)(H,23,27). The minimum atomic E-state index is -0.708. The van der Waals surface area contributed by atoms with Crippen molar-refractivity contribution in [2.45, 2.75) is 32.0 Å². The van der Waals surface area contributed by atoms with E-state index in [9.17, 15) is 14.4 Å². The molecule has 1 unspecified atom stereocenters. The van der Waals surface area contributed by atoms with E-state index in [4.69, 9.17) is 9.47 Å². The molecule has 0 aliphatic carbocycles. The summed E-state index contributed by atoms with van der Waals surface area (Å²) < 4.78 is 10.6. The second-order valence-electron chi connectivity index (χ2n) is 6.79. The maximum atomic E-state index is 12.6. The molecule has 0 spiro atoms. The van der Waals surface area contributed by atoms with E-state index < -0.39 is 12.1 Å². The summed E-state index contributed by atoms with van der Waals surface area (Å²) >= 11 is 0. The zero-order chi connectivity index (χ0) is 20.2. The second-order valence-corrected chi connectivity index (χ2v) is 6.79. The van der Waals surface area contributed by atoms with E-state index in [0.29, 0.717) is 18.0 Å². The third-order valence-electron chi connectivity index (χ3n) is 4.76. The van der Waals surface area contributed by atoms with Gasteiger partial charge in [0.2, 0.25) is 12.7 Å². The third kappa shape index (κ3) is 4.29. The summed E-state index contributed by atoms with van der Waals surface area (Å²) in [7, 11) is 0. The summed E-state index contributed by atoms with van der Waals surface area (Å²) in [5, 5.41) is 5.43. The number of carbonyl (C=O) groups is 3. The molecule has 3 heterocycles. The van der Waals surface area contributed by atoms with Crippen LogP contribution >= 0.6 is 0 Å². The van der Waals surface area contributed by atoms with Gasteiger partial charge in [0.15, 0.2) is 11.5 Å². The van der Waals surface area contributed by atoms with Crippen molar-refractivity contribution >= 4 is 17.8 Å². The van der Waals surface area contributed by atoms with Gasteiger partial charge in [0, 0.05) is 25.4 Å². The Morgan fingerprint density at radius 1 is 1.21 bits per heavy atom. The van der Waals surface area contributed by atoms with Crippen molar-refractivity contribution in [3.8, 4) is 11.5 Å². The normalized spacial score (nSPS) is 17.4. The molecule has 2 aliphatic heterocycles. The van der Waals surface area contributed by atoms with Gasteiger partial charge in [-0.25, -0.2) is 4.79 Å². The van der Waals surface area contributed by atoms with Crippen LogP contribution in [0.25, 0.3) is 0 Å². The number of hydrogen-bond donors (Lipinski definition) is 2. The lowest BCUT2D eigenvalue weighted by Crippen LogP contribution is -2.32. The van der Waals surface area contributed by atoms with E-state index in [1.165, 1.54) is 0 Å². The molecular formula is C20H20N4O5. The van der Waals surface area contributed by atoms with Crippen molar-refractivity contribution in [3.63, 3.8) is 0 Å². The average molecular weight is 396 g/mol.